The van der Waals surface area contributed by atoms with Crippen molar-refractivity contribution < 1.29 is 29.1 Å². The Balaban J connectivity index is 1.04. The summed E-state index contributed by atoms with van der Waals surface area (Å²) in [5, 5.41) is 20.3. The molecule has 13 nitrogen and oxygen atoms in total. The highest BCUT2D eigenvalue weighted by Gasteiger charge is 2.33. The lowest BCUT2D eigenvalue weighted by Gasteiger charge is -2.29. The van der Waals surface area contributed by atoms with Crippen molar-refractivity contribution in [2.45, 2.75) is 154 Å². The van der Waals surface area contributed by atoms with Gasteiger partial charge in [-0.25, -0.2) is 4.79 Å². The SMILES string of the molecule is CC[C@H](C)[C@H](NC(=O)CCCCCCCCCCCCCCCN[C@@H](CN[C@@H](Cc1ccccc1)C(=O)O)CC(N)=O)C(=O)n1c2c(c3ccccc31)CCN(C(N)=O)C2. The maximum absolute atomic E-state index is 14.2. The molecule has 1 aromatic heterocycles. The van der Waals surface area contributed by atoms with E-state index in [1.807, 2.05) is 68.4 Å². The summed E-state index contributed by atoms with van der Waals surface area (Å²) < 4.78 is 1.72. The maximum atomic E-state index is 14.2. The van der Waals surface area contributed by atoms with Crippen LogP contribution in [0.25, 0.3) is 10.9 Å². The number of carbonyl (C=O) groups excluding carboxylic acids is 4. The Bertz CT molecular complexity index is 1810. The van der Waals surface area contributed by atoms with Crippen LogP contribution in [-0.4, -0.2) is 82.1 Å². The van der Waals surface area contributed by atoms with Crippen molar-refractivity contribution in [3.63, 3.8) is 0 Å². The molecule has 0 bridgehead atoms. The Morgan fingerprint density at radius 2 is 1.38 bits per heavy atom. The largest absolute Gasteiger partial charge is 0.480 e. The fourth-order valence-corrected chi connectivity index (χ4v) is 8.32. The minimum absolute atomic E-state index is 0.0629. The topological polar surface area (TPSA) is 202 Å². The van der Waals surface area contributed by atoms with Crippen LogP contribution in [0.4, 0.5) is 4.79 Å². The summed E-state index contributed by atoms with van der Waals surface area (Å²) in [6.07, 6.45) is 16.9. The van der Waals surface area contributed by atoms with Crippen molar-refractivity contribution in [2.24, 2.45) is 17.4 Å². The van der Waals surface area contributed by atoms with Gasteiger partial charge in [-0.1, -0.05) is 139 Å². The quantitative estimate of drug-likeness (QED) is 0.0409. The van der Waals surface area contributed by atoms with E-state index in [0.717, 1.165) is 79.2 Å². The molecule has 1 aliphatic rings. The van der Waals surface area contributed by atoms with E-state index >= 15 is 0 Å². The molecule has 330 valence electrons. The van der Waals surface area contributed by atoms with Gasteiger partial charge >= 0.3 is 12.0 Å². The first-order valence-corrected chi connectivity index (χ1v) is 22.5. The van der Waals surface area contributed by atoms with E-state index in [-0.39, 0.29) is 36.7 Å². The summed E-state index contributed by atoms with van der Waals surface area (Å²) in [7, 11) is 0. The van der Waals surface area contributed by atoms with Gasteiger partial charge in [-0.05, 0) is 55.3 Å². The van der Waals surface area contributed by atoms with E-state index in [1.54, 1.807) is 9.47 Å². The van der Waals surface area contributed by atoms with Gasteiger partial charge in [-0.3, -0.25) is 23.7 Å². The van der Waals surface area contributed by atoms with Crippen LogP contribution in [0.15, 0.2) is 54.6 Å². The van der Waals surface area contributed by atoms with Crippen molar-refractivity contribution in [1.29, 1.82) is 0 Å². The number of aliphatic carboxylic acids is 1. The zero-order valence-corrected chi connectivity index (χ0v) is 36.1. The number of rotatable bonds is 29. The van der Waals surface area contributed by atoms with Crippen LogP contribution in [-0.2, 0) is 33.8 Å². The van der Waals surface area contributed by atoms with Crippen molar-refractivity contribution in [1.82, 2.24) is 25.4 Å². The monoisotopic (exact) mass is 830 g/mol. The standard InChI is InChI=1S/C47H71N7O6/c1-3-34(2)44(45(57)54-40-25-20-19-24-37(40)38-27-29-53(47(49)60)33-41(38)54)52-43(56)26-18-13-11-9-7-5-4-6-8-10-12-14-21-28-50-36(31-42(48)55)32-51-39(46(58)59)30-35-22-16-15-17-23-35/h15-17,19-20,22-25,34,36,39,44,50-51H,3-14,18,21,26-33H2,1-2H3,(H2,48,55)(H2,49,60)(H,52,56)(H,58,59)/t34-,36+,39-,44-/m0/s1. The lowest BCUT2D eigenvalue weighted by Crippen LogP contribution is -2.48. The third-order valence-corrected chi connectivity index (χ3v) is 12.0. The minimum atomic E-state index is -0.918. The Hall–Kier alpha value is -4.75. The van der Waals surface area contributed by atoms with Gasteiger partial charge in [0, 0.05) is 43.1 Å². The second kappa shape index (κ2) is 25.8. The van der Waals surface area contributed by atoms with Gasteiger partial charge in [-0.15, -0.1) is 0 Å². The fraction of sp³-hybridized carbons (Fsp3) is 0.596. The molecule has 0 saturated heterocycles. The van der Waals surface area contributed by atoms with Crippen LogP contribution in [0.1, 0.15) is 138 Å². The maximum Gasteiger partial charge on any atom is 0.321 e. The van der Waals surface area contributed by atoms with Crippen LogP contribution in [0.5, 0.6) is 0 Å². The first-order valence-electron chi connectivity index (χ1n) is 22.5. The van der Waals surface area contributed by atoms with E-state index in [0.29, 0.717) is 32.4 Å². The molecule has 0 fully saturated rings. The summed E-state index contributed by atoms with van der Waals surface area (Å²) >= 11 is 0. The minimum Gasteiger partial charge on any atom is -0.480 e. The van der Waals surface area contributed by atoms with E-state index in [9.17, 15) is 29.1 Å². The van der Waals surface area contributed by atoms with Gasteiger partial charge in [-0.2, -0.15) is 0 Å². The van der Waals surface area contributed by atoms with Crippen LogP contribution >= 0.6 is 0 Å². The number of carboxylic acid groups (broad SMARTS) is 1. The van der Waals surface area contributed by atoms with Crippen molar-refractivity contribution in [3.05, 3.63) is 71.4 Å². The van der Waals surface area contributed by atoms with E-state index in [2.05, 4.69) is 16.0 Å². The van der Waals surface area contributed by atoms with Gasteiger partial charge in [0.1, 0.15) is 12.1 Å². The van der Waals surface area contributed by atoms with Crippen molar-refractivity contribution in [2.75, 3.05) is 19.6 Å². The highest BCUT2D eigenvalue weighted by Crippen LogP contribution is 2.32. The fourth-order valence-electron chi connectivity index (χ4n) is 8.32. The van der Waals surface area contributed by atoms with Gasteiger partial charge in [0.2, 0.25) is 11.8 Å². The summed E-state index contributed by atoms with van der Waals surface area (Å²) in [4.78, 5) is 64.5. The zero-order valence-electron chi connectivity index (χ0n) is 36.1. The summed E-state index contributed by atoms with van der Waals surface area (Å²) in [5.41, 5.74) is 14.7. The van der Waals surface area contributed by atoms with Gasteiger partial charge in [0.15, 0.2) is 0 Å². The molecule has 2 aromatic carbocycles. The van der Waals surface area contributed by atoms with Crippen molar-refractivity contribution in [3.8, 4) is 0 Å². The first kappa shape index (κ1) is 47.9. The number of unbranched alkanes of at least 4 members (excludes halogenated alkanes) is 12. The molecular weight excluding hydrogens is 759 g/mol. The molecule has 1 aliphatic heterocycles. The number of carboxylic acids is 1. The number of primary amides is 2. The number of aromatic nitrogens is 1. The highest BCUT2D eigenvalue weighted by molar-refractivity contribution is 6.00. The Morgan fingerprint density at radius 3 is 1.98 bits per heavy atom. The third kappa shape index (κ3) is 15.4. The molecule has 8 N–H and O–H groups in total. The average molecular weight is 830 g/mol. The number of urea groups is 1. The van der Waals surface area contributed by atoms with E-state index in [1.165, 1.54) is 44.9 Å². The molecule has 4 atom stereocenters. The summed E-state index contributed by atoms with van der Waals surface area (Å²) in [5.74, 6) is -1.65. The molecule has 4 amide bonds. The number of para-hydroxylation sites is 1. The first-order chi connectivity index (χ1) is 29.0. The van der Waals surface area contributed by atoms with Crippen molar-refractivity contribution >= 4 is 40.6 Å². The van der Waals surface area contributed by atoms with E-state index in [4.69, 9.17) is 11.5 Å². The zero-order chi connectivity index (χ0) is 43.3. The van der Waals surface area contributed by atoms with Crippen LogP contribution < -0.4 is 27.4 Å². The molecule has 0 aliphatic carbocycles. The predicted octanol–water partition coefficient (Wildman–Crippen LogP) is 6.83. The lowest BCUT2D eigenvalue weighted by molar-refractivity contribution is -0.139. The van der Waals surface area contributed by atoms with Crippen LogP contribution in [0, 0.1) is 5.92 Å². The van der Waals surface area contributed by atoms with E-state index < -0.39 is 30.0 Å². The Labute approximate surface area is 356 Å². The smallest absolute Gasteiger partial charge is 0.321 e. The molecule has 13 heteroatoms. The normalized spacial score (nSPS) is 14.6. The number of hydrogen-bond donors (Lipinski definition) is 6. The second-order valence-electron chi connectivity index (χ2n) is 16.7. The Morgan fingerprint density at radius 1 is 0.783 bits per heavy atom. The number of benzene rings is 2. The second-order valence-corrected chi connectivity index (χ2v) is 16.7. The predicted molar refractivity (Wildman–Crippen MR) is 237 cm³/mol. The van der Waals surface area contributed by atoms with Crippen LogP contribution in [0.2, 0.25) is 0 Å². The number of nitrogens with zero attached hydrogens (tertiary/aromatic N) is 2. The molecule has 0 saturated carbocycles. The molecule has 0 spiro atoms. The van der Waals surface area contributed by atoms with Gasteiger partial charge in [0.25, 0.3) is 5.91 Å². The lowest BCUT2D eigenvalue weighted by atomic mass is 9.97. The summed E-state index contributed by atoms with van der Waals surface area (Å²) in [6.45, 7) is 5.91. The highest BCUT2D eigenvalue weighted by atomic mass is 16.4. The molecule has 4 rings (SSSR count). The molecule has 2 heterocycles. The Kier molecular flexibility index (Phi) is 20.6. The number of nitrogens with one attached hydrogen (secondary N) is 3. The number of nitrogens with two attached hydrogens (primary N) is 2. The number of hydrogen-bond acceptors (Lipinski definition) is 7. The molecule has 0 radical (unpaired) electrons. The molecule has 0 unspecified atom stereocenters. The average Bonchev–Trinajstić information content (AvgIpc) is 3.57. The molecule has 60 heavy (non-hydrogen) atoms. The molecular formula is C47H71N7O6. The number of carbonyl (C=O) groups is 5. The molecule has 3 aromatic rings. The summed E-state index contributed by atoms with van der Waals surface area (Å²) in [6, 6.07) is 15.2. The third-order valence-electron chi connectivity index (χ3n) is 12.0. The van der Waals surface area contributed by atoms with Gasteiger partial charge in [0.05, 0.1) is 12.1 Å². The number of amides is 4. The van der Waals surface area contributed by atoms with Gasteiger partial charge < -0.3 is 37.4 Å². The van der Waals surface area contributed by atoms with Crippen LogP contribution in [0.3, 0.4) is 0 Å². The number of fused-ring (bicyclic) bond motifs is 3.